The van der Waals surface area contributed by atoms with Crippen molar-refractivity contribution in [3.8, 4) is 5.75 Å². The molecule has 26 heavy (non-hydrogen) atoms. The molecule has 4 nitrogen and oxygen atoms in total. The van der Waals surface area contributed by atoms with E-state index in [1.54, 1.807) is 12.1 Å². The zero-order valence-electron chi connectivity index (χ0n) is 14.8. The lowest BCUT2D eigenvalue weighted by Gasteiger charge is -2.45. The minimum Gasteiger partial charge on any atom is -0.491 e. The van der Waals surface area contributed by atoms with Gasteiger partial charge in [-0.15, -0.1) is 0 Å². The van der Waals surface area contributed by atoms with Crippen LogP contribution in [-0.2, 0) is 4.79 Å². The third kappa shape index (κ3) is 3.19. The number of carbonyl (C=O) groups excluding carboxylic acids is 1. The van der Waals surface area contributed by atoms with E-state index in [9.17, 15) is 9.18 Å². The summed E-state index contributed by atoms with van der Waals surface area (Å²) in [6.45, 7) is 4.39. The molecular formula is C21H23FN2O2. The van der Waals surface area contributed by atoms with Crippen molar-refractivity contribution >= 4 is 5.91 Å². The molecule has 0 radical (unpaired) electrons. The van der Waals surface area contributed by atoms with Crippen molar-refractivity contribution in [1.29, 1.82) is 0 Å². The van der Waals surface area contributed by atoms with Gasteiger partial charge in [0.05, 0.1) is 18.0 Å². The van der Waals surface area contributed by atoms with Crippen LogP contribution in [0.1, 0.15) is 36.4 Å². The molecule has 2 aliphatic heterocycles. The molecule has 0 unspecified atom stereocenters. The molecule has 4 rings (SSSR count). The Balaban J connectivity index is 1.53. The summed E-state index contributed by atoms with van der Waals surface area (Å²) in [7, 11) is 0. The van der Waals surface area contributed by atoms with Crippen molar-refractivity contribution in [3.05, 3.63) is 65.5 Å². The lowest BCUT2D eigenvalue weighted by molar-refractivity contribution is -0.124. The molecule has 136 valence electrons. The molecule has 0 saturated carbocycles. The highest BCUT2D eigenvalue weighted by atomic mass is 19.1. The van der Waals surface area contributed by atoms with Crippen LogP contribution in [0.2, 0.25) is 0 Å². The van der Waals surface area contributed by atoms with E-state index in [1.165, 1.54) is 18.6 Å². The number of benzene rings is 2. The number of nitrogens with one attached hydrogen (secondary N) is 1. The maximum Gasteiger partial charge on any atom is 0.227 e. The highest BCUT2D eigenvalue weighted by Gasteiger charge is 2.38. The molecule has 2 aliphatic rings. The number of amides is 1. The molecular weight excluding hydrogens is 331 g/mol. The predicted molar refractivity (Wildman–Crippen MR) is 97.6 cm³/mol. The minimum absolute atomic E-state index is 0.0601. The first-order valence-corrected chi connectivity index (χ1v) is 9.15. The fourth-order valence-electron chi connectivity index (χ4n) is 3.74. The summed E-state index contributed by atoms with van der Waals surface area (Å²) in [6.07, 6.45) is 1.19. The van der Waals surface area contributed by atoms with E-state index in [0.717, 1.165) is 30.0 Å². The third-order valence-corrected chi connectivity index (χ3v) is 5.41. The van der Waals surface area contributed by atoms with Crippen LogP contribution in [-0.4, -0.2) is 36.5 Å². The van der Waals surface area contributed by atoms with Gasteiger partial charge in [-0.05, 0) is 37.1 Å². The van der Waals surface area contributed by atoms with Gasteiger partial charge in [-0.2, -0.15) is 0 Å². The molecule has 2 aromatic rings. The second-order valence-electron chi connectivity index (χ2n) is 7.07. The lowest BCUT2D eigenvalue weighted by Crippen LogP contribution is -2.55. The van der Waals surface area contributed by atoms with E-state index in [2.05, 4.69) is 16.3 Å². The number of hydrogen-bond acceptors (Lipinski definition) is 3. The summed E-state index contributed by atoms with van der Waals surface area (Å²) in [5, 5.41) is 3.17. The molecule has 1 amide bonds. The molecule has 0 aliphatic carbocycles. The van der Waals surface area contributed by atoms with Gasteiger partial charge < -0.3 is 10.1 Å². The van der Waals surface area contributed by atoms with Gasteiger partial charge in [-0.3, -0.25) is 9.69 Å². The van der Waals surface area contributed by atoms with E-state index < -0.39 is 0 Å². The molecule has 1 fully saturated rings. The van der Waals surface area contributed by atoms with Gasteiger partial charge in [-0.1, -0.05) is 30.3 Å². The number of rotatable bonds is 4. The van der Waals surface area contributed by atoms with E-state index >= 15 is 0 Å². The number of para-hydroxylation sites is 1. The molecule has 0 bridgehead atoms. The number of carbonyl (C=O) groups is 1. The van der Waals surface area contributed by atoms with E-state index in [1.807, 2.05) is 25.1 Å². The summed E-state index contributed by atoms with van der Waals surface area (Å²) in [5.74, 6) is 0.206. The van der Waals surface area contributed by atoms with Crippen LogP contribution < -0.4 is 10.1 Å². The summed E-state index contributed by atoms with van der Waals surface area (Å²) >= 11 is 0. The molecule has 1 saturated heterocycles. The van der Waals surface area contributed by atoms with Crippen LogP contribution in [0.3, 0.4) is 0 Å². The maximum atomic E-state index is 13.1. The normalized spacial score (nSPS) is 23.3. The predicted octanol–water partition coefficient (Wildman–Crippen LogP) is 3.25. The topological polar surface area (TPSA) is 41.6 Å². The SMILES string of the molecule is C[C@H](C(=O)N[C@@H]1COc2ccccc2[C@H]1N1CCC1)c1ccc(F)cc1. The lowest BCUT2D eigenvalue weighted by atomic mass is 9.91. The van der Waals surface area contributed by atoms with Gasteiger partial charge in [0.2, 0.25) is 5.91 Å². The van der Waals surface area contributed by atoms with Crippen molar-refractivity contribution in [2.24, 2.45) is 0 Å². The number of halogens is 1. The van der Waals surface area contributed by atoms with Crippen LogP contribution in [0.15, 0.2) is 48.5 Å². The van der Waals surface area contributed by atoms with Crippen LogP contribution >= 0.6 is 0 Å². The standard InChI is InChI=1S/C21H23FN2O2/c1-14(15-7-9-16(22)10-8-15)21(25)23-18-13-26-19-6-3-2-5-17(19)20(18)24-11-4-12-24/h2-3,5-10,14,18,20H,4,11-13H2,1H3,(H,23,25)/t14-,18+,20+/m0/s1. The van der Waals surface area contributed by atoms with E-state index in [0.29, 0.717) is 6.61 Å². The third-order valence-electron chi connectivity index (χ3n) is 5.41. The number of hydrogen-bond donors (Lipinski definition) is 1. The van der Waals surface area contributed by atoms with Gasteiger partial charge in [-0.25, -0.2) is 4.39 Å². The molecule has 5 heteroatoms. The molecule has 1 N–H and O–H groups in total. The van der Waals surface area contributed by atoms with Crippen LogP contribution in [0, 0.1) is 5.82 Å². The summed E-state index contributed by atoms with van der Waals surface area (Å²) in [6, 6.07) is 14.2. The summed E-state index contributed by atoms with van der Waals surface area (Å²) < 4.78 is 19.0. The number of nitrogens with zero attached hydrogens (tertiary/aromatic N) is 1. The van der Waals surface area contributed by atoms with Crippen LogP contribution in [0.5, 0.6) is 5.75 Å². The van der Waals surface area contributed by atoms with Crippen molar-refractivity contribution in [2.45, 2.75) is 31.3 Å². The molecule has 0 aromatic heterocycles. The van der Waals surface area contributed by atoms with Crippen LogP contribution in [0.4, 0.5) is 4.39 Å². The zero-order valence-corrected chi connectivity index (χ0v) is 14.8. The first kappa shape index (κ1) is 17.0. The maximum absolute atomic E-state index is 13.1. The Labute approximate surface area is 153 Å². The summed E-state index contributed by atoms with van der Waals surface area (Å²) in [4.78, 5) is 15.2. The fraction of sp³-hybridized carbons (Fsp3) is 0.381. The van der Waals surface area contributed by atoms with Gasteiger partial charge in [0.1, 0.15) is 18.2 Å². The average molecular weight is 354 g/mol. The second-order valence-corrected chi connectivity index (χ2v) is 7.07. The summed E-state index contributed by atoms with van der Waals surface area (Å²) in [5.41, 5.74) is 1.94. The van der Waals surface area contributed by atoms with Gasteiger partial charge in [0.25, 0.3) is 0 Å². The Bertz CT molecular complexity index is 789. The molecule has 0 spiro atoms. The largest absolute Gasteiger partial charge is 0.491 e. The van der Waals surface area contributed by atoms with Gasteiger partial charge in [0, 0.05) is 18.7 Å². The van der Waals surface area contributed by atoms with E-state index in [4.69, 9.17) is 4.74 Å². The average Bonchev–Trinajstić information content (AvgIpc) is 2.62. The van der Waals surface area contributed by atoms with Gasteiger partial charge >= 0.3 is 0 Å². The Morgan fingerprint density at radius 2 is 1.92 bits per heavy atom. The van der Waals surface area contributed by atoms with Crippen molar-refractivity contribution in [1.82, 2.24) is 10.2 Å². The number of likely N-dealkylation sites (tertiary alicyclic amines) is 1. The quantitative estimate of drug-likeness (QED) is 0.916. The molecule has 3 atom stereocenters. The Hall–Kier alpha value is -2.40. The Morgan fingerprint density at radius 1 is 1.19 bits per heavy atom. The Kier molecular flexibility index (Phi) is 4.64. The second kappa shape index (κ2) is 7.08. The highest BCUT2D eigenvalue weighted by molar-refractivity contribution is 5.83. The first-order valence-electron chi connectivity index (χ1n) is 9.15. The van der Waals surface area contributed by atoms with Crippen molar-refractivity contribution < 1.29 is 13.9 Å². The highest BCUT2D eigenvalue weighted by Crippen LogP contribution is 2.38. The molecule has 2 aromatic carbocycles. The molecule has 2 heterocycles. The van der Waals surface area contributed by atoms with Crippen LogP contribution in [0.25, 0.3) is 0 Å². The first-order chi connectivity index (χ1) is 12.6. The van der Waals surface area contributed by atoms with Crippen molar-refractivity contribution in [2.75, 3.05) is 19.7 Å². The number of ether oxygens (including phenoxy) is 1. The smallest absolute Gasteiger partial charge is 0.227 e. The van der Waals surface area contributed by atoms with Gasteiger partial charge in [0.15, 0.2) is 0 Å². The van der Waals surface area contributed by atoms with E-state index in [-0.39, 0.29) is 29.7 Å². The zero-order chi connectivity index (χ0) is 18.1. The monoisotopic (exact) mass is 354 g/mol. The number of fused-ring (bicyclic) bond motifs is 1. The Morgan fingerprint density at radius 3 is 2.62 bits per heavy atom. The van der Waals surface area contributed by atoms with Crippen molar-refractivity contribution in [3.63, 3.8) is 0 Å². The fourth-order valence-corrected chi connectivity index (χ4v) is 3.74. The minimum atomic E-state index is -0.343.